The zero-order chi connectivity index (χ0) is 12.8. The maximum Gasteiger partial charge on any atom is 0.251 e. The predicted molar refractivity (Wildman–Crippen MR) is 66.1 cm³/mol. The van der Waals surface area contributed by atoms with Gasteiger partial charge in [0.25, 0.3) is 5.91 Å². The first-order valence-electron chi connectivity index (χ1n) is 5.57. The molecule has 4 heteroatoms. The summed E-state index contributed by atoms with van der Waals surface area (Å²) in [5.41, 5.74) is 2.55. The fraction of sp³-hybridized carbons (Fsp3) is 0.462. The number of aliphatic hydroxyl groups excluding tert-OH is 1. The number of aryl methyl sites for hydroxylation is 2. The number of methoxy groups -OCH3 is 1. The van der Waals surface area contributed by atoms with Crippen molar-refractivity contribution >= 4 is 5.91 Å². The molecular weight excluding hydrogens is 218 g/mol. The van der Waals surface area contributed by atoms with E-state index in [4.69, 9.17) is 4.74 Å². The van der Waals surface area contributed by atoms with Gasteiger partial charge in [0.2, 0.25) is 0 Å². The largest absolute Gasteiger partial charge is 0.389 e. The number of hydrogen-bond acceptors (Lipinski definition) is 3. The summed E-state index contributed by atoms with van der Waals surface area (Å²) in [6.07, 6.45) is -0.673. The van der Waals surface area contributed by atoms with Crippen molar-refractivity contribution < 1.29 is 14.6 Å². The van der Waals surface area contributed by atoms with Crippen molar-refractivity contribution in [2.24, 2.45) is 0 Å². The van der Waals surface area contributed by atoms with Crippen molar-refractivity contribution in [1.82, 2.24) is 5.32 Å². The normalized spacial score (nSPS) is 12.2. The topological polar surface area (TPSA) is 58.6 Å². The number of nitrogens with one attached hydrogen (secondary N) is 1. The molecular formula is C13H19NO3. The van der Waals surface area contributed by atoms with Crippen LogP contribution in [-0.2, 0) is 4.74 Å². The molecule has 17 heavy (non-hydrogen) atoms. The van der Waals surface area contributed by atoms with Gasteiger partial charge in [0.15, 0.2) is 0 Å². The highest BCUT2D eigenvalue weighted by molar-refractivity contribution is 5.97. The average Bonchev–Trinajstić information content (AvgIpc) is 2.26. The zero-order valence-electron chi connectivity index (χ0n) is 10.5. The van der Waals surface area contributed by atoms with Gasteiger partial charge in [0.05, 0.1) is 12.7 Å². The minimum Gasteiger partial charge on any atom is -0.389 e. The molecule has 0 bridgehead atoms. The number of ether oxygens (including phenoxy) is 1. The molecule has 1 aromatic rings. The van der Waals surface area contributed by atoms with E-state index < -0.39 is 6.10 Å². The maximum absolute atomic E-state index is 11.9. The number of amides is 1. The van der Waals surface area contributed by atoms with E-state index in [1.807, 2.05) is 32.0 Å². The molecule has 1 atom stereocenters. The van der Waals surface area contributed by atoms with E-state index in [2.05, 4.69) is 5.32 Å². The van der Waals surface area contributed by atoms with Crippen molar-refractivity contribution in [3.8, 4) is 0 Å². The van der Waals surface area contributed by atoms with Gasteiger partial charge in [0, 0.05) is 19.2 Å². The van der Waals surface area contributed by atoms with Crippen LogP contribution >= 0.6 is 0 Å². The Morgan fingerprint density at radius 3 is 2.53 bits per heavy atom. The van der Waals surface area contributed by atoms with Gasteiger partial charge in [-0.1, -0.05) is 18.2 Å². The number of rotatable bonds is 5. The molecule has 0 aliphatic rings. The Labute approximate surface area is 102 Å². The van der Waals surface area contributed by atoms with Gasteiger partial charge in [0.1, 0.15) is 0 Å². The van der Waals surface area contributed by atoms with Crippen LogP contribution in [0.5, 0.6) is 0 Å². The number of aliphatic hydroxyl groups is 1. The fourth-order valence-electron chi connectivity index (χ4n) is 1.72. The first-order chi connectivity index (χ1) is 8.06. The lowest BCUT2D eigenvalue weighted by molar-refractivity contribution is 0.0609. The van der Waals surface area contributed by atoms with Crippen LogP contribution in [0.1, 0.15) is 21.5 Å². The van der Waals surface area contributed by atoms with E-state index in [0.29, 0.717) is 5.56 Å². The summed E-state index contributed by atoms with van der Waals surface area (Å²) in [7, 11) is 1.51. The van der Waals surface area contributed by atoms with Gasteiger partial charge < -0.3 is 15.2 Å². The molecule has 0 heterocycles. The second-order valence-corrected chi connectivity index (χ2v) is 4.09. The fourth-order valence-corrected chi connectivity index (χ4v) is 1.72. The minimum absolute atomic E-state index is 0.157. The van der Waals surface area contributed by atoms with E-state index in [9.17, 15) is 9.90 Å². The molecule has 2 N–H and O–H groups in total. The summed E-state index contributed by atoms with van der Waals surface area (Å²) in [5, 5.41) is 12.1. The van der Waals surface area contributed by atoms with Gasteiger partial charge in [-0.15, -0.1) is 0 Å². The van der Waals surface area contributed by atoms with Crippen molar-refractivity contribution in [1.29, 1.82) is 0 Å². The zero-order valence-corrected chi connectivity index (χ0v) is 10.5. The van der Waals surface area contributed by atoms with Crippen LogP contribution in [-0.4, -0.2) is 37.4 Å². The first kappa shape index (κ1) is 13.7. The van der Waals surface area contributed by atoms with E-state index in [-0.39, 0.29) is 19.1 Å². The third kappa shape index (κ3) is 3.84. The third-order valence-corrected chi connectivity index (χ3v) is 2.57. The second-order valence-electron chi connectivity index (χ2n) is 4.09. The molecule has 0 spiro atoms. The Balaban J connectivity index is 2.64. The van der Waals surface area contributed by atoms with Gasteiger partial charge in [-0.2, -0.15) is 0 Å². The van der Waals surface area contributed by atoms with E-state index in [0.717, 1.165) is 11.1 Å². The number of carbonyl (C=O) groups excluding carboxylic acids is 1. The number of benzene rings is 1. The monoisotopic (exact) mass is 237 g/mol. The van der Waals surface area contributed by atoms with E-state index >= 15 is 0 Å². The standard InChI is InChI=1S/C13H19NO3/c1-9-5-4-6-10(2)12(9)13(16)14-7-11(15)8-17-3/h4-6,11,15H,7-8H2,1-3H3,(H,14,16). The van der Waals surface area contributed by atoms with Crippen LogP contribution in [0, 0.1) is 13.8 Å². The summed E-state index contributed by atoms with van der Waals surface area (Å²) in [6.45, 7) is 4.20. The molecule has 0 radical (unpaired) electrons. The van der Waals surface area contributed by atoms with Gasteiger partial charge >= 0.3 is 0 Å². The van der Waals surface area contributed by atoms with Gasteiger partial charge in [-0.3, -0.25) is 4.79 Å². The Bertz CT molecular complexity index is 370. The Morgan fingerprint density at radius 1 is 1.41 bits per heavy atom. The van der Waals surface area contributed by atoms with Crippen molar-refractivity contribution in [3.63, 3.8) is 0 Å². The number of carbonyl (C=O) groups is 1. The molecule has 94 valence electrons. The predicted octanol–water partition coefficient (Wildman–Crippen LogP) is 1.04. The maximum atomic E-state index is 11.9. The molecule has 0 aromatic heterocycles. The molecule has 0 saturated heterocycles. The van der Waals surface area contributed by atoms with Crippen LogP contribution in [0.15, 0.2) is 18.2 Å². The summed E-state index contributed by atoms with van der Waals surface area (Å²) in [5.74, 6) is -0.157. The second kappa shape index (κ2) is 6.37. The molecule has 1 unspecified atom stereocenters. The lowest BCUT2D eigenvalue weighted by Crippen LogP contribution is -2.35. The Kier molecular flexibility index (Phi) is 5.12. The Morgan fingerprint density at radius 2 is 2.00 bits per heavy atom. The van der Waals surface area contributed by atoms with Gasteiger partial charge in [-0.25, -0.2) is 0 Å². The SMILES string of the molecule is COCC(O)CNC(=O)c1c(C)cccc1C. The van der Waals surface area contributed by atoms with Crippen LogP contribution in [0.3, 0.4) is 0 Å². The highest BCUT2D eigenvalue weighted by atomic mass is 16.5. The molecule has 1 rings (SSSR count). The summed E-state index contributed by atoms with van der Waals surface area (Å²) in [6, 6.07) is 5.71. The lowest BCUT2D eigenvalue weighted by atomic mass is 10.0. The molecule has 0 aliphatic heterocycles. The molecule has 0 fully saturated rings. The van der Waals surface area contributed by atoms with Crippen molar-refractivity contribution in [2.45, 2.75) is 20.0 Å². The quantitative estimate of drug-likeness (QED) is 0.804. The highest BCUT2D eigenvalue weighted by Crippen LogP contribution is 2.12. The lowest BCUT2D eigenvalue weighted by Gasteiger charge is -2.13. The van der Waals surface area contributed by atoms with E-state index in [1.165, 1.54) is 7.11 Å². The number of hydrogen-bond donors (Lipinski definition) is 2. The first-order valence-corrected chi connectivity index (χ1v) is 5.57. The summed E-state index contributed by atoms with van der Waals surface area (Å²) >= 11 is 0. The smallest absolute Gasteiger partial charge is 0.251 e. The third-order valence-electron chi connectivity index (χ3n) is 2.57. The molecule has 0 saturated carbocycles. The van der Waals surface area contributed by atoms with Crippen LogP contribution in [0.2, 0.25) is 0 Å². The Hall–Kier alpha value is -1.39. The van der Waals surface area contributed by atoms with Gasteiger partial charge in [-0.05, 0) is 25.0 Å². The van der Waals surface area contributed by atoms with Crippen molar-refractivity contribution in [3.05, 3.63) is 34.9 Å². The molecule has 4 nitrogen and oxygen atoms in total. The van der Waals surface area contributed by atoms with Crippen LogP contribution in [0.25, 0.3) is 0 Å². The molecule has 0 aliphatic carbocycles. The highest BCUT2D eigenvalue weighted by Gasteiger charge is 2.12. The van der Waals surface area contributed by atoms with E-state index in [1.54, 1.807) is 0 Å². The molecule has 1 aromatic carbocycles. The van der Waals surface area contributed by atoms with Crippen molar-refractivity contribution in [2.75, 3.05) is 20.3 Å². The van der Waals surface area contributed by atoms with Crippen LogP contribution in [0.4, 0.5) is 0 Å². The average molecular weight is 237 g/mol. The summed E-state index contributed by atoms with van der Waals surface area (Å²) in [4.78, 5) is 11.9. The van der Waals surface area contributed by atoms with Crippen LogP contribution < -0.4 is 5.32 Å². The molecule has 1 amide bonds. The minimum atomic E-state index is -0.673. The summed E-state index contributed by atoms with van der Waals surface area (Å²) < 4.78 is 4.79.